The monoisotopic (exact) mass is 244 g/mol. The number of alkyl halides is 2. The zero-order valence-electron chi connectivity index (χ0n) is 9.82. The van der Waals surface area contributed by atoms with Crippen LogP contribution >= 0.6 is 0 Å². The highest BCUT2D eigenvalue weighted by molar-refractivity contribution is 5.77. The van der Waals surface area contributed by atoms with E-state index in [9.17, 15) is 13.6 Å². The van der Waals surface area contributed by atoms with Crippen LogP contribution in [0.5, 0.6) is 0 Å². The molecular formula is C11H14F2N2O2. The molecule has 1 aromatic rings. The number of hydrogen-bond donors (Lipinski definition) is 1. The van der Waals surface area contributed by atoms with Crippen LogP contribution in [-0.4, -0.2) is 20.9 Å². The molecular weight excluding hydrogens is 230 g/mol. The molecule has 6 heteroatoms. The lowest BCUT2D eigenvalue weighted by Crippen LogP contribution is -2.03. The number of aliphatic carboxylic acids is 1. The van der Waals surface area contributed by atoms with Crippen molar-refractivity contribution in [3.05, 3.63) is 17.5 Å². The number of halogens is 2. The summed E-state index contributed by atoms with van der Waals surface area (Å²) in [4.78, 5) is 11.0. The normalized spacial score (nSPS) is 26.2. The summed E-state index contributed by atoms with van der Waals surface area (Å²) in [6.45, 7) is 3.55. The molecule has 0 aromatic carbocycles. The predicted molar refractivity (Wildman–Crippen MR) is 55.8 cm³/mol. The molecule has 1 saturated carbocycles. The Morgan fingerprint density at radius 1 is 1.59 bits per heavy atom. The lowest BCUT2D eigenvalue weighted by Gasteiger charge is -2.02. The minimum Gasteiger partial charge on any atom is -0.481 e. The van der Waals surface area contributed by atoms with Crippen molar-refractivity contribution in [1.29, 1.82) is 0 Å². The second-order valence-corrected chi connectivity index (χ2v) is 5.06. The Balaban J connectivity index is 2.40. The van der Waals surface area contributed by atoms with E-state index in [0.717, 1.165) is 0 Å². The minimum absolute atomic E-state index is 0.297. The summed E-state index contributed by atoms with van der Waals surface area (Å²) in [6, 6.07) is 0. The molecule has 0 saturated heterocycles. The molecule has 94 valence electrons. The van der Waals surface area contributed by atoms with Crippen molar-refractivity contribution in [2.45, 2.75) is 26.2 Å². The summed E-state index contributed by atoms with van der Waals surface area (Å²) in [5.41, 5.74) is -0.423. The minimum atomic E-state index is -2.67. The Bertz CT molecular complexity index is 468. The van der Waals surface area contributed by atoms with Gasteiger partial charge in [0.05, 0.1) is 5.92 Å². The molecule has 0 unspecified atom stereocenters. The van der Waals surface area contributed by atoms with Crippen molar-refractivity contribution in [2.24, 2.45) is 18.4 Å². The van der Waals surface area contributed by atoms with Crippen LogP contribution in [0.3, 0.4) is 0 Å². The lowest BCUT2D eigenvalue weighted by molar-refractivity contribution is -0.139. The summed E-state index contributed by atoms with van der Waals surface area (Å²) >= 11 is 0. The SMILES string of the molecule is Cn1cc([C@@H]2[C@@H](C(=O)O)C2(C)C)c(C(F)F)n1. The largest absolute Gasteiger partial charge is 0.481 e. The first kappa shape index (κ1) is 12.0. The van der Waals surface area contributed by atoms with Crippen LogP contribution in [0.1, 0.15) is 37.4 Å². The number of hydrogen-bond acceptors (Lipinski definition) is 2. The third-order valence-electron chi connectivity index (χ3n) is 3.52. The summed E-state index contributed by atoms with van der Waals surface area (Å²) in [7, 11) is 1.56. The maximum absolute atomic E-state index is 12.8. The van der Waals surface area contributed by atoms with E-state index in [0.29, 0.717) is 5.56 Å². The third kappa shape index (κ3) is 1.71. The second-order valence-electron chi connectivity index (χ2n) is 5.06. The molecule has 2 atom stereocenters. The van der Waals surface area contributed by atoms with Crippen LogP contribution in [0.15, 0.2) is 6.20 Å². The van der Waals surface area contributed by atoms with Crippen LogP contribution in [0.2, 0.25) is 0 Å². The van der Waals surface area contributed by atoms with Gasteiger partial charge in [0.25, 0.3) is 6.43 Å². The zero-order valence-corrected chi connectivity index (χ0v) is 9.82. The van der Waals surface area contributed by atoms with Gasteiger partial charge >= 0.3 is 5.97 Å². The standard InChI is InChI=1S/C11H14F2N2O2/c1-11(2)6(7(11)10(16)17)5-4-15(3)14-8(5)9(12)13/h4,6-7,9H,1-3H3,(H,16,17)/t6-,7+/m1/s1. The Labute approximate surface area is 97.2 Å². The molecule has 1 aliphatic rings. The van der Waals surface area contributed by atoms with E-state index in [1.807, 2.05) is 0 Å². The van der Waals surface area contributed by atoms with Crippen molar-refractivity contribution in [3.8, 4) is 0 Å². The molecule has 1 N–H and O–H groups in total. The van der Waals surface area contributed by atoms with Gasteiger partial charge in [-0.05, 0) is 5.41 Å². The van der Waals surface area contributed by atoms with Gasteiger partial charge in [0.15, 0.2) is 0 Å². The lowest BCUT2D eigenvalue weighted by atomic mass is 10.0. The summed E-state index contributed by atoms with van der Waals surface area (Å²) in [5, 5.41) is 12.7. The van der Waals surface area contributed by atoms with E-state index in [4.69, 9.17) is 5.11 Å². The van der Waals surface area contributed by atoms with E-state index >= 15 is 0 Å². The van der Waals surface area contributed by atoms with Gasteiger partial charge in [-0.3, -0.25) is 9.48 Å². The van der Waals surface area contributed by atoms with Gasteiger partial charge in [-0.1, -0.05) is 13.8 Å². The fourth-order valence-corrected chi connectivity index (χ4v) is 2.61. The molecule has 0 amide bonds. The summed E-state index contributed by atoms with van der Waals surface area (Å²) in [5.74, 6) is -1.93. The number of aryl methyl sites for hydroxylation is 1. The van der Waals surface area contributed by atoms with Crippen molar-refractivity contribution in [1.82, 2.24) is 9.78 Å². The fourth-order valence-electron chi connectivity index (χ4n) is 2.61. The molecule has 1 heterocycles. The molecule has 0 spiro atoms. The average Bonchev–Trinajstić information content (AvgIpc) is 2.56. The first-order valence-corrected chi connectivity index (χ1v) is 5.31. The van der Waals surface area contributed by atoms with E-state index in [2.05, 4.69) is 5.10 Å². The number of carbonyl (C=O) groups is 1. The van der Waals surface area contributed by atoms with Crippen molar-refractivity contribution in [2.75, 3.05) is 0 Å². The maximum atomic E-state index is 12.8. The maximum Gasteiger partial charge on any atom is 0.307 e. The second kappa shape index (κ2) is 3.51. The Kier molecular flexibility index (Phi) is 2.48. The molecule has 2 rings (SSSR count). The van der Waals surface area contributed by atoms with Gasteiger partial charge in [-0.2, -0.15) is 5.10 Å². The van der Waals surface area contributed by atoms with E-state index in [1.54, 1.807) is 20.9 Å². The fraction of sp³-hybridized carbons (Fsp3) is 0.636. The predicted octanol–water partition coefficient (Wildman–Crippen LogP) is 2.18. The number of rotatable bonds is 3. The van der Waals surface area contributed by atoms with Gasteiger partial charge < -0.3 is 5.11 Å². The Morgan fingerprint density at radius 3 is 2.59 bits per heavy atom. The van der Waals surface area contributed by atoms with Gasteiger partial charge in [0.2, 0.25) is 0 Å². The summed E-state index contributed by atoms with van der Waals surface area (Å²) < 4.78 is 26.9. The van der Waals surface area contributed by atoms with Gasteiger partial charge in [-0.25, -0.2) is 8.78 Å². The number of carboxylic acid groups (broad SMARTS) is 1. The molecule has 1 aromatic heterocycles. The number of carboxylic acids is 1. The molecule has 0 aliphatic heterocycles. The van der Waals surface area contributed by atoms with Crippen LogP contribution < -0.4 is 0 Å². The van der Waals surface area contributed by atoms with E-state index < -0.39 is 23.7 Å². The molecule has 4 nitrogen and oxygen atoms in total. The van der Waals surface area contributed by atoms with E-state index in [-0.39, 0.29) is 11.6 Å². The Morgan fingerprint density at radius 2 is 2.18 bits per heavy atom. The summed E-state index contributed by atoms with van der Waals surface area (Å²) in [6.07, 6.45) is -1.17. The third-order valence-corrected chi connectivity index (χ3v) is 3.52. The molecule has 17 heavy (non-hydrogen) atoms. The quantitative estimate of drug-likeness (QED) is 0.886. The molecule has 0 bridgehead atoms. The van der Waals surface area contributed by atoms with Crippen molar-refractivity contribution in [3.63, 3.8) is 0 Å². The Hall–Kier alpha value is -1.46. The first-order chi connectivity index (χ1) is 7.76. The van der Waals surface area contributed by atoms with Crippen molar-refractivity contribution >= 4 is 5.97 Å². The average molecular weight is 244 g/mol. The van der Waals surface area contributed by atoms with Crippen LogP contribution in [0.25, 0.3) is 0 Å². The van der Waals surface area contributed by atoms with Gasteiger partial charge in [-0.15, -0.1) is 0 Å². The first-order valence-electron chi connectivity index (χ1n) is 5.31. The van der Waals surface area contributed by atoms with Crippen molar-refractivity contribution < 1.29 is 18.7 Å². The number of aromatic nitrogens is 2. The molecule has 0 radical (unpaired) electrons. The highest BCUT2D eigenvalue weighted by Gasteiger charge is 2.64. The molecule has 1 aliphatic carbocycles. The van der Waals surface area contributed by atoms with E-state index in [1.165, 1.54) is 10.9 Å². The van der Waals surface area contributed by atoms with Gasteiger partial charge in [0.1, 0.15) is 5.69 Å². The smallest absolute Gasteiger partial charge is 0.307 e. The highest BCUT2D eigenvalue weighted by Crippen LogP contribution is 2.65. The van der Waals surface area contributed by atoms with Crippen LogP contribution in [-0.2, 0) is 11.8 Å². The molecule has 1 fully saturated rings. The van der Waals surface area contributed by atoms with Gasteiger partial charge in [0, 0.05) is 24.7 Å². The highest BCUT2D eigenvalue weighted by atomic mass is 19.3. The zero-order chi connectivity index (χ0) is 13.0. The van der Waals surface area contributed by atoms with Crippen LogP contribution in [0.4, 0.5) is 8.78 Å². The number of nitrogens with zero attached hydrogens (tertiary/aromatic N) is 2. The topological polar surface area (TPSA) is 55.1 Å². The van der Waals surface area contributed by atoms with Crippen LogP contribution in [0, 0.1) is 11.3 Å².